The normalized spacial score (nSPS) is 24.0. The van der Waals surface area contributed by atoms with Gasteiger partial charge in [-0.2, -0.15) is 0 Å². The lowest BCUT2D eigenvalue weighted by molar-refractivity contribution is 0.331. The van der Waals surface area contributed by atoms with Crippen LogP contribution in [0.4, 0.5) is 0 Å². The van der Waals surface area contributed by atoms with E-state index in [1.54, 1.807) is 0 Å². The Morgan fingerprint density at radius 1 is 1.20 bits per heavy atom. The summed E-state index contributed by atoms with van der Waals surface area (Å²) in [5, 5.41) is 0. The van der Waals surface area contributed by atoms with Crippen molar-refractivity contribution in [1.29, 1.82) is 0 Å². The fraction of sp³-hybridized carbons (Fsp3) is 1.00. The molecule has 0 aromatic carbocycles. The molecule has 0 aromatic rings. The number of hydrogen-bond acceptors (Lipinski definition) is 1. The Morgan fingerprint density at radius 2 is 1.70 bits per heavy atom. The smallest absolute Gasteiger partial charge is 0.00643 e. The van der Waals surface area contributed by atoms with Gasteiger partial charge in [-0.25, -0.2) is 0 Å². The van der Waals surface area contributed by atoms with Gasteiger partial charge < -0.3 is 4.90 Å². The lowest BCUT2D eigenvalue weighted by Gasteiger charge is -2.12. The molecule has 0 radical (unpaired) electrons. The van der Waals surface area contributed by atoms with Crippen LogP contribution in [-0.2, 0) is 0 Å². The van der Waals surface area contributed by atoms with Gasteiger partial charge in [-0.15, -0.1) is 0 Å². The van der Waals surface area contributed by atoms with Gasteiger partial charge in [-0.1, -0.05) is 22.3 Å². The largest absolute Gasteiger partial charge is 0.304 e. The molecule has 1 aliphatic heterocycles. The zero-order valence-electron chi connectivity index (χ0n) is 5.15. The average Bonchev–Trinajstić information content (AvgIpc) is 1.91. The second-order valence-electron chi connectivity index (χ2n) is 2.47. The minimum Gasteiger partial charge on any atom is -0.304 e. The van der Waals surface area contributed by atoms with E-state index in [0.29, 0.717) is 0 Å². The molecule has 1 nitrogen and oxygen atoms in total. The molecular formula is C9H25N. The van der Waals surface area contributed by atoms with Gasteiger partial charge in [0.05, 0.1) is 0 Å². The first-order valence-electron chi connectivity index (χ1n) is 3.01. The minimum absolute atomic E-state index is 0. The Labute approximate surface area is 67.4 Å². The molecule has 0 saturated carbocycles. The molecule has 1 heteroatoms. The first-order valence-corrected chi connectivity index (χ1v) is 3.01. The third-order valence-corrected chi connectivity index (χ3v) is 1.89. The van der Waals surface area contributed by atoms with Gasteiger partial charge in [0.15, 0.2) is 0 Å². The Bertz CT molecular complexity index is 53.7. The fourth-order valence-electron chi connectivity index (χ4n) is 1.08. The van der Waals surface area contributed by atoms with Crippen molar-refractivity contribution in [3.05, 3.63) is 0 Å². The second-order valence-corrected chi connectivity index (χ2v) is 2.47. The van der Waals surface area contributed by atoms with Gasteiger partial charge in [-0.3, -0.25) is 0 Å². The van der Waals surface area contributed by atoms with Crippen LogP contribution in [0.1, 0.15) is 42.0 Å². The molecule has 1 fully saturated rings. The number of likely N-dealkylation sites (tertiary alicyclic amines) is 1. The zero-order chi connectivity index (χ0) is 5.28. The van der Waals surface area contributed by atoms with Gasteiger partial charge in [-0.05, 0) is 33.4 Å². The van der Waals surface area contributed by atoms with Gasteiger partial charge in [0.25, 0.3) is 0 Å². The quantitative estimate of drug-likeness (QED) is 0.509. The predicted octanol–water partition coefficient (Wildman–Crippen LogP) is 3.01. The molecule has 0 aromatic heterocycles. The maximum atomic E-state index is 2.40. The number of nitrogens with zero attached hydrogens (tertiary/aromatic N) is 1. The van der Waals surface area contributed by atoms with Gasteiger partial charge in [0, 0.05) is 6.04 Å². The molecule has 0 amide bonds. The van der Waals surface area contributed by atoms with E-state index in [-0.39, 0.29) is 22.3 Å². The van der Waals surface area contributed by atoms with E-state index in [1.165, 1.54) is 19.4 Å². The SMILES string of the molecule is C.C.C.CC1CCCN1C. The highest BCUT2D eigenvalue weighted by Gasteiger charge is 2.14. The first-order chi connectivity index (χ1) is 3.30. The van der Waals surface area contributed by atoms with E-state index in [0.717, 1.165) is 6.04 Å². The average molecular weight is 147 g/mol. The Kier molecular flexibility index (Phi) is 11.7. The molecular weight excluding hydrogens is 122 g/mol. The molecule has 1 unspecified atom stereocenters. The van der Waals surface area contributed by atoms with E-state index >= 15 is 0 Å². The van der Waals surface area contributed by atoms with Crippen molar-refractivity contribution in [3.8, 4) is 0 Å². The summed E-state index contributed by atoms with van der Waals surface area (Å²) in [4.78, 5) is 2.40. The molecule has 1 rings (SSSR count). The Hall–Kier alpha value is -0.0400. The van der Waals surface area contributed by atoms with Gasteiger partial charge >= 0.3 is 0 Å². The minimum atomic E-state index is 0. The second kappa shape index (κ2) is 7.07. The number of hydrogen-bond donors (Lipinski definition) is 0. The Morgan fingerprint density at radius 3 is 1.80 bits per heavy atom. The molecule has 0 bridgehead atoms. The van der Waals surface area contributed by atoms with Crippen molar-refractivity contribution in [2.75, 3.05) is 13.6 Å². The summed E-state index contributed by atoms with van der Waals surface area (Å²) in [6.07, 6.45) is 2.80. The first kappa shape index (κ1) is 16.5. The highest BCUT2D eigenvalue weighted by molar-refractivity contribution is 4.70. The van der Waals surface area contributed by atoms with E-state index in [9.17, 15) is 0 Å². The van der Waals surface area contributed by atoms with E-state index < -0.39 is 0 Å². The van der Waals surface area contributed by atoms with Crippen LogP contribution in [0, 0.1) is 0 Å². The summed E-state index contributed by atoms with van der Waals surface area (Å²) in [7, 11) is 2.19. The summed E-state index contributed by atoms with van der Waals surface area (Å²) in [5.41, 5.74) is 0. The van der Waals surface area contributed by atoms with Crippen LogP contribution in [0.2, 0.25) is 0 Å². The predicted molar refractivity (Wildman–Crippen MR) is 51.5 cm³/mol. The van der Waals surface area contributed by atoms with Crippen LogP contribution in [-0.4, -0.2) is 24.5 Å². The van der Waals surface area contributed by atoms with Crippen molar-refractivity contribution in [2.45, 2.75) is 48.1 Å². The van der Waals surface area contributed by atoms with Crippen LogP contribution < -0.4 is 0 Å². The summed E-state index contributed by atoms with van der Waals surface area (Å²) < 4.78 is 0. The number of rotatable bonds is 0. The molecule has 0 N–H and O–H groups in total. The van der Waals surface area contributed by atoms with Crippen LogP contribution in [0.3, 0.4) is 0 Å². The monoisotopic (exact) mass is 147 g/mol. The summed E-state index contributed by atoms with van der Waals surface area (Å²) >= 11 is 0. The van der Waals surface area contributed by atoms with Crippen molar-refractivity contribution in [3.63, 3.8) is 0 Å². The highest BCUT2D eigenvalue weighted by atomic mass is 15.1. The molecule has 1 heterocycles. The topological polar surface area (TPSA) is 3.24 Å². The highest BCUT2D eigenvalue weighted by Crippen LogP contribution is 2.12. The zero-order valence-corrected chi connectivity index (χ0v) is 5.15. The van der Waals surface area contributed by atoms with E-state index in [1.807, 2.05) is 0 Å². The van der Waals surface area contributed by atoms with Crippen LogP contribution in [0.25, 0.3) is 0 Å². The van der Waals surface area contributed by atoms with Crippen LogP contribution in [0.5, 0.6) is 0 Å². The third-order valence-electron chi connectivity index (χ3n) is 1.89. The van der Waals surface area contributed by atoms with Gasteiger partial charge in [0.2, 0.25) is 0 Å². The lowest BCUT2D eigenvalue weighted by Crippen LogP contribution is -2.20. The third kappa shape index (κ3) is 3.89. The molecule has 1 atom stereocenters. The Balaban J connectivity index is -0.000000163. The molecule has 66 valence electrons. The van der Waals surface area contributed by atoms with Crippen LogP contribution in [0.15, 0.2) is 0 Å². The van der Waals surface area contributed by atoms with Crippen molar-refractivity contribution >= 4 is 0 Å². The summed E-state index contributed by atoms with van der Waals surface area (Å²) in [6.45, 7) is 3.59. The van der Waals surface area contributed by atoms with Crippen molar-refractivity contribution in [1.82, 2.24) is 4.90 Å². The molecule has 1 saturated heterocycles. The van der Waals surface area contributed by atoms with Crippen molar-refractivity contribution in [2.24, 2.45) is 0 Å². The molecule has 1 aliphatic rings. The molecule has 0 aliphatic carbocycles. The van der Waals surface area contributed by atoms with E-state index in [4.69, 9.17) is 0 Å². The van der Waals surface area contributed by atoms with Crippen molar-refractivity contribution < 1.29 is 0 Å². The summed E-state index contributed by atoms with van der Waals surface area (Å²) in [5.74, 6) is 0. The van der Waals surface area contributed by atoms with Crippen LogP contribution >= 0.6 is 0 Å². The maximum Gasteiger partial charge on any atom is 0.00643 e. The van der Waals surface area contributed by atoms with E-state index in [2.05, 4.69) is 18.9 Å². The van der Waals surface area contributed by atoms with Gasteiger partial charge in [0.1, 0.15) is 0 Å². The summed E-state index contributed by atoms with van der Waals surface area (Å²) in [6, 6.07) is 0.847. The molecule has 10 heavy (non-hydrogen) atoms. The fourth-order valence-corrected chi connectivity index (χ4v) is 1.08. The standard InChI is InChI=1S/C6H13N.3CH4/c1-6-4-3-5-7(6)2;;;/h6H,3-5H2,1-2H3;3*1H4. The lowest BCUT2D eigenvalue weighted by atomic mass is 10.3. The molecule has 0 spiro atoms. The maximum absolute atomic E-state index is 2.40.